The van der Waals surface area contributed by atoms with Gasteiger partial charge in [0.2, 0.25) is 0 Å². The van der Waals surface area contributed by atoms with Crippen LogP contribution in [0.2, 0.25) is 0 Å². The van der Waals surface area contributed by atoms with Gasteiger partial charge in [-0.2, -0.15) is 0 Å². The fraction of sp³-hybridized carbons (Fsp3) is 0.500. The van der Waals surface area contributed by atoms with Crippen molar-refractivity contribution in [1.29, 1.82) is 0 Å². The van der Waals surface area contributed by atoms with Gasteiger partial charge in [-0.15, -0.1) is 0 Å². The number of ether oxygens (including phenoxy) is 3. The first-order valence-corrected chi connectivity index (χ1v) is 6.29. The molecule has 5 nitrogen and oxygen atoms in total. The molecular formula is C14H20O5. The van der Waals surface area contributed by atoms with E-state index in [0.717, 1.165) is 0 Å². The largest absolute Gasteiger partial charge is 0.490 e. The van der Waals surface area contributed by atoms with Gasteiger partial charge < -0.3 is 19.3 Å². The molecule has 0 unspecified atom stereocenters. The number of aromatic carboxylic acids is 1. The summed E-state index contributed by atoms with van der Waals surface area (Å²) in [6.45, 7) is 7.05. The summed E-state index contributed by atoms with van der Waals surface area (Å²) in [5.74, 6) is -0.0261. The molecule has 0 aromatic heterocycles. The molecule has 0 aliphatic rings. The van der Waals surface area contributed by atoms with E-state index in [0.29, 0.717) is 31.3 Å². The van der Waals surface area contributed by atoms with Crippen molar-refractivity contribution in [1.82, 2.24) is 0 Å². The van der Waals surface area contributed by atoms with E-state index >= 15 is 0 Å². The molecule has 0 bridgehead atoms. The Kier molecular flexibility index (Phi) is 6.15. The number of carbonyl (C=O) groups is 1. The van der Waals surface area contributed by atoms with Crippen molar-refractivity contribution in [2.75, 3.05) is 19.8 Å². The molecule has 0 radical (unpaired) electrons. The lowest BCUT2D eigenvalue weighted by atomic mass is 10.2. The molecule has 19 heavy (non-hydrogen) atoms. The highest BCUT2D eigenvalue weighted by molar-refractivity contribution is 5.88. The number of rotatable bonds is 8. The van der Waals surface area contributed by atoms with E-state index in [4.69, 9.17) is 19.3 Å². The molecule has 1 N–H and O–H groups in total. The van der Waals surface area contributed by atoms with Gasteiger partial charge in [0.15, 0.2) is 11.5 Å². The Balaban J connectivity index is 2.68. The minimum Gasteiger partial charge on any atom is -0.490 e. The van der Waals surface area contributed by atoms with Crippen molar-refractivity contribution >= 4 is 5.97 Å². The monoisotopic (exact) mass is 268 g/mol. The van der Waals surface area contributed by atoms with E-state index in [1.807, 2.05) is 20.8 Å². The molecular weight excluding hydrogens is 248 g/mol. The summed E-state index contributed by atoms with van der Waals surface area (Å²) in [6.07, 6.45) is 0.157. The third kappa shape index (κ3) is 5.18. The fourth-order valence-electron chi connectivity index (χ4n) is 1.46. The smallest absolute Gasteiger partial charge is 0.335 e. The van der Waals surface area contributed by atoms with E-state index in [2.05, 4.69) is 0 Å². The highest BCUT2D eigenvalue weighted by Gasteiger charge is 2.10. The number of carboxylic acid groups (broad SMARTS) is 1. The Morgan fingerprint density at radius 3 is 2.53 bits per heavy atom. The average molecular weight is 268 g/mol. The highest BCUT2D eigenvalue weighted by atomic mass is 16.5. The van der Waals surface area contributed by atoms with Crippen LogP contribution >= 0.6 is 0 Å². The van der Waals surface area contributed by atoms with Crippen LogP contribution in [0.15, 0.2) is 18.2 Å². The predicted octanol–water partition coefficient (Wildman–Crippen LogP) is 2.59. The van der Waals surface area contributed by atoms with Gasteiger partial charge in [0.1, 0.15) is 6.61 Å². The van der Waals surface area contributed by atoms with Crippen LogP contribution in [-0.4, -0.2) is 37.0 Å². The van der Waals surface area contributed by atoms with Crippen LogP contribution < -0.4 is 9.47 Å². The van der Waals surface area contributed by atoms with Crippen molar-refractivity contribution in [3.05, 3.63) is 23.8 Å². The lowest BCUT2D eigenvalue weighted by molar-refractivity contribution is 0.0545. The minimum atomic E-state index is -0.990. The van der Waals surface area contributed by atoms with Crippen LogP contribution in [0, 0.1) is 0 Å². The third-order valence-corrected chi connectivity index (χ3v) is 2.28. The molecule has 5 heteroatoms. The SMILES string of the molecule is CCOc1cc(C(=O)O)ccc1OCCOC(C)C. The quantitative estimate of drug-likeness (QED) is 0.734. The molecule has 0 heterocycles. The Labute approximate surface area is 113 Å². The molecule has 0 spiro atoms. The van der Waals surface area contributed by atoms with E-state index in [1.165, 1.54) is 12.1 Å². The Morgan fingerprint density at radius 2 is 1.95 bits per heavy atom. The van der Waals surface area contributed by atoms with Crippen LogP contribution in [0.25, 0.3) is 0 Å². The summed E-state index contributed by atoms with van der Waals surface area (Å²) in [6, 6.07) is 4.55. The van der Waals surface area contributed by atoms with Crippen LogP contribution in [0.3, 0.4) is 0 Å². The van der Waals surface area contributed by atoms with E-state index in [-0.39, 0.29) is 11.7 Å². The molecule has 0 saturated carbocycles. The zero-order chi connectivity index (χ0) is 14.3. The zero-order valence-electron chi connectivity index (χ0n) is 11.5. The summed E-state index contributed by atoms with van der Waals surface area (Å²) in [7, 11) is 0. The lowest BCUT2D eigenvalue weighted by Gasteiger charge is -2.13. The predicted molar refractivity (Wildman–Crippen MR) is 71.2 cm³/mol. The van der Waals surface area contributed by atoms with E-state index in [9.17, 15) is 4.79 Å². The molecule has 1 aromatic carbocycles. The van der Waals surface area contributed by atoms with Gasteiger partial charge in [0.25, 0.3) is 0 Å². The fourth-order valence-corrected chi connectivity index (χ4v) is 1.46. The second kappa shape index (κ2) is 7.63. The maximum absolute atomic E-state index is 10.9. The molecule has 0 aliphatic carbocycles. The van der Waals surface area contributed by atoms with E-state index in [1.54, 1.807) is 6.07 Å². The average Bonchev–Trinajstić information content (AvgIpc) is 2.35. The normalized spacial score (nSPS) is 10.5. The summed E-state index contributed by atoms with van der Waals surface area (Å²) in [5.41, 5.74) is 0.175. The van der Waals surface area contributed by atoms with Gasteiger partial charge in [-0.3, -0.25) is 0 Å². The number of hydrogen-bond donors (Lipinski definition) is 1. The topological polar surface area (TPSA) is 65.0 Å². The first-order valence-electron chi connectivity index (χ1n) is 6.29. The van der Waals surface area contributed by atoms with Crippen molar-refractivity contribution in [2.24, 2.45) is 0 Å². The minimum absolute atomic E-state index is 0.157. The van der Waals surface area contributed by atoms with Crippen molar-refractivity contribution < 1.29 is 24.1 Å². The van der Waals surface area contributed by atoms with Gasteiger partial charge in [-0.25, -0.2) is 4.79 Å². The van der Waals surface area contributed by atoms with Crippen molar-refractivity contribution in [2.45, 2.75) is 26.9 Å². The van der Waals surface area contributed by atoms with Crippen molar-refractivity contribution in [3.63, 3.8) is 0 Å². The van der Waals surface area contributed by atoms with E-state index < -0.39 is 5.97 Å². The molecule has 0 aliphatic heterocycles. The van der Waals surface area contributed by atoms with Crippen LogP contribution in [-0.2, 0) is 4.74 Å². The van der Waals surface area contributed by atoms with Gasteiger partial charge >= 0.3 is 5.97 Å². The summed E-state index contributed by atoms with van der Waals surface area (Å²) in [4.78, 5) is 10.9. The van der Waals surface area contributed by atoms with Crippen LogP contribution in [0.1, 0.15) is 31.1 Å². The Morgan fingerprint density at radius 1 is 1.21 bits per heavy atom. The molecule has 0 fully saturated rings. The molecule has 0 saturated heterocycles. The van der Waals surface area contributed by atoms with Crippen LogP contribution in [0.5, 0.6) is 11.5 Å². The van der Waals surface area contributed by atoms with Crippen LogP contribution in [0.4, 0.5) is 0 Å². The second-order valence-electron chi connectivity index (χ2n) is 4.17. The maximum atomic E-state index is 10.9. The molecule has 1 rings (SSSR count). The van der Waals surface area contributed by atoms with Crippen molar-refractivity contribution in [3.8, 4) is 11.5 Å². The van der Waals surface area contributed by atoms with Gasteiger partial charge in [0, 0.05) is 0 Å². The summed E-state index contributed by atoms with van der Waals surface area (Å²) < 4.78 is 16.3. The Bertz CT molecular complexity index is 414. The Hall–Kier alpha value is -1.75. The first-order chi connectivity index (χ1) is 9.04. The molecule has 0 atom stereocenters. The van der Waals surface area contributed by atoms with Gasteiger partial charge in [-0.05, 0) is 39.0 Å². The summed E-state index contributed by atoms with van der Waals surface area (Å²) >= 11 is 0. The standard InChI is InChI=1S/C14H20O5/c1-4-17-13-9-11(14(15)16)5-6-12(13)19-8-7-18-10(2)3/h5-6,9-10H,4,7-8H2,1-3H3,(H,15,16). The molecule has 1 aromatic rings. The maximum Gasteiger partial charge on any atom is 0.335 e. The molecule has 0 amide bonds. The van der Waals surface area contributed by atoms with Gasteiger partial charge in [0.05, 0.1) is 24.9 Å². The lowest BCUT2D eigenvalue weighted by Crippen LogP contribution is -2.12. The first kappa shape index (κ1) is 15.3. The van der Waals surface area contributed by atoms with Gasteiger partial charge in [-0.1, -0.05) is 0 Å². The number of hydrogen-bond acceptors (Lipinski definition) is 4. The zero-order valence-corrected chi connectivity index (χ0v) is 11.5. The number of benzene rings is 1. The number of carboxylic acids is 1. The third-order valence-electron chi connectivity index (χ3n) is 2.28. The summed E-state index contributed by atoms with van der Waals surface area (Å²) in [5, 5.41) is 8.93. The second-order valence-corrected chi connectivity index (χ2v) is 4.17. The highest BCUT2D eigenvalue weighted by Crippen LogP contribution is 2.28. The molecule has 106 valence electrons.